The van der Waals surface area contributed by atoms with Gasteiger partial charge in [-0.3, -0.25) is 9.59 Å². The Morgan fingerprint density at radius 3 is 2.50 bits per heavy atom. The van der Waals surface area contributed by atoms with Crippen LogP contribution < -0.4 is 14.8 Å². The summed E-state index contributed by atoms with van der Waals surface area (Å²) in [5.74, 6) is -0.312. The number of benzene rings is 2. The van der Waals surface area contributed by atoms with Crippen LogP contribution in [0.2, 0.25) is 0 Å². The lowest BCUT2D eigenvalue weighted by atomic mass is 10.1. The molecule has 0 unspecified atom stereocenters. The summed E-state index contributed by atoms with van der Waals surface area (Å²) < 4.78 is 17.8. The van der Waals surface area contributed by atoms with Crippen LogP contribution in [0.4, 0.5) is 4.79 Å². The molecular weight excluding hydrogens is 548 g/mol. The van der Waals surface area contributed by atoms with Crippen LogP contribution in [0.1, 0.15) is 18.1 Å². The van der Waals surface area contributed by atoms with Crippen LogP contribution in [-0.4, -0.2) is 43.1 Å². The maximum Gasteiger partial charge on any atom is 0.329 e. The van der Waals surface area contributed by atoms with Gasteiger partial charge in [0.05, 0.1) is 18.2 Å². The Balaban J connectivity index is 1.83. The van der Waals surface area contributed by atoms with Crippen LogP contribution in [0.3, 0.4) is 0 Å². The Kier molecular flexibility index (Phi) is 7.92. The summed E-state index contributed by atoms with van der Waals surface area (Å²) in [6.45, 7) is 2.13. The molecule has 0 spiro atoms. The molecule has 0 radical (unpaired) electrons. The lowest BCUT2D eigenvalue weighted by molar-refractivity contribution is -0.143. The maximum atomic E-state index is 12.5. The van der Waals surface area contributed by atoms with E-state index in [9.17, 15) is 14.4 Å². The molecule has 1 fully saturated rings. The van der Waals surface area contributed by atoms with Crippen LogP contribution in [0, 0.1) is 0 Å². The van der Waals surface area contributed by atoms with Crippen molar-refractivity contribution in [1.82, 2.24) is 10.2 Å². The van der Waals surface area contributed by atoms with Gasteiger partial charge in [0.2, 0.25) is 0 Å². The first-order valence-electron chi connectivity index (χ1n) is 9.57. The molecule has 1 aliphatic heterocycles. The monoisotopic (exact) mass is 566 g/mol. The van der Waals surface area contributed by atoms with E-state index in [0.717, 1.165) is 14.9 Å². The zero-order valence-electron chi connectivity index (χ0n) is 17.3. The molecule has 0 atom stereocenters. The molecule has 10 heteroatoms. The lowest BCUT2D eigenvalue weighted by Gasteiger charge is -2.15. The topological polar surface area (TPSA) is 94.2 Å². The number of halogens is 2. The first-order valence-corrected chi connectivity index (χ1v) is 11.2. The maximum absolute atomic E-state index is 12.5. The van der Waals surface area contributed by atoms with Gasteiger partial charge >= 0.3 is 12.0 Å². The fraction of sp³-hybridized carbons (Fsp3) is 0.227. The molecule has 0 aromatic heterocycles. The summed E-state index contributed by atoms with van der Waals surface area (Å²) in [5.41, 5.74) is 1.62. The Morgan fingerprint density at radius 2 is 1.84 bits per heavy atom. The van der Waals surface area contributed by atoms with Gasteiger partial charge in [-0.1, -0.05) is 28.1 Å². The number of methoxy groups -OCH3 is 1. The predicted molar refractivity (Wildman–Crippen MR) is 124 cm³/mol. The quantitative estimate of drug-likeness (QED) is 0.291. The number of carbonyl (C=O) groups excluding carboxylic acids is 3. The molecule has 1 aliphatic rings. The van der Waals surface area contributed by atoms with E-state index in [2.05, 4.69) is 41.9 Å². The molecular formula is C22H20Br2N2O6. The summed E-state index contributed by atoms with van der Waals surface area (Å²) in [6, 6.07) is 10.5. The number of hydrogen-bond acceptors (Lipinski definition) is 6. The zero-order chi connectivity index (χ0) is 23.3. The molecule has 2 aromatic carbocycles. The first kappa shape index (κ1) is 23.8. The fourth-order valence-corrected chi connectivity index (χ4v) is 3.72. The van der Waals surface area contributed by atoms with Crippen molar-refractivity contribution in [3.05, 3.63) is 62.2 Å². The fourth-order valence-electron chi connectivity index (χ4n) is 2.89. The van der Waals surface area contributed by atoms with Crippen molar-refractivity contribution in [1.29, 1.82) is 0 Å². The van der Waals surface area contributed by atoms with Gasteiger partial charge in [0.15, 0.2) is 11.5 Å². The van der Waals surface area contributed by atoms with Crippen LogP contribution in [-0.2, 0) is 20.9 Å². The highest BCUT2D eigenvalue weighted by Gasteiger charge is 2.35. The van der Waals surface area contributed by atoms with Gasteiger partial charge in [0.25, 0.3) is 5.91 Å². The standard InChI is InChI=1S/C22H20Br2N2O6/c1-3-31-18-10-14(9-17-21(28)26(22(29)25-17)11-19(27)30-2)8-16(24)20(18)32-12-13-4-6-15(23)7-5-13/h4-10H,3,11-12H2,1-2H3,(H,25,29)/b17-9+. The number of carbonyl (C=O) groups is 3. The van der Waals surface area contributed by atoms with Crippen LogP contribution in [0.25, 0.3) is 6.08 Å². The third kappa shape index (κ3) is 5.68. The highest BCUT2D eigenvalue weighted by molar-refractivity contribution is 9.10. The van der Waals surface area contributed by atoms with Gasteiger partial charge in [0, 0.05) is 4.47 Å². The van der Waals surface area contributed by atoms with Gasteiger partial charge in [0.1, 0.15) is 18.8 Å². The van der Waals surface area contributed by atoms with Crippen LogP contribution in [0.15, 0.2) is 51.0 Å². The SMILES string of the molecule is CCOc1cc(/C=C2/NC(=O)N(CC(=O)OC)C2=O)cc(Br)c1OCc1ccc(Br)cc1. The molecule has 0 aliphatic carbocycles. The lowest BCUT2D eigenvalue weighted by Crippen LogP contribution is -2.36. The van der Waals surface area contributed by atoms with E-state index in [1.165, 1.54) is 13.2 Å². The molecule has 3 amide bonds. The first-order chi connectivity index (χ1) is 15.3. The van der Waals surface area contributed by atoms with Gasteiger partial charge in [-0.05, 0) is 64.3 Å². The number of rotatable bonds is 8. The average Bonchev–Trinajstić information content (AvgIpc) is 3.01. The molecule has 168 valence electrons. The number of nitrogens with zero attached hydrogens (tertiary/aromatic N) is 1. The van der Waals surface area contributed by atoms with Crippen molar-refractivity contribution in [2.75, 3.05) is 20.3 Å². The summed E-state index contributed by atoms with van der Waals surface area (Å²) in [6.07, 6.45) is 1.50. The smallest absolute Gasteiger partial charge is 0.329 e. The molecule has 1 N–H and O–H groups in total. The Bertz CT molecular complexity index is 1070. The Labute approximate surface area is 201 Å². The summed E-state index contributed by atoms with van der Waals surface area (Å²) in [4.78, 5) is 36.8. The molecule has 0 saturated carbocycles. The number of esters is 1. The summed E-state index contributed by atoms with van der Waals surface area (Å²) in [7, 11) is 1.19. The second-order valence-corrected chi connectivity index (χ2v) is 8.40. The minimum atomic E-state index is -0.691. The molecule has 32 heavy (non-hydrogen) atoms. The summed E-state index contributed by atoms with van der Waals surface area (Å²) >= 11 is 6.90. The highest BCUT2D eigenvalue weighted by atomic mass is 79.9. The van der Waals surface area contributed by atoms with Gasteiger partial charge in [-0.25, -0.2) is 9.69 Å². The largest absolute Gasteiger partial charge is 0.490 e. The van der Waals surface area contributed by atoms with Gasteiger partial charge < -0.3 is 19.5 Å². The number of amides is 3. The molecule has 0 bridgehead atoms. The van der Waals surface area contributed by atoms with Gasteiger partial charge in [-0.2, -0.15) is 0 Å². The third-order valence-corrected chi connectivity index (χ3v) is 5.53. The van der Waals surface area contributed by atoms with E-state index >= 15 is 0 Å². The second kappa shape index (κ2) is 10.6. The number of imide groups is 1. The minimum absolute atomic E-state index is 0.0387. The molecule has 3 rings (SSSR count). The summed E-state index contributed by atoms with van der Waals surface area (Å²) in [5, 5.41) is 2.47. The number of urea groups is 1. The number of ether oxygens (including phenoxy) is 3. The van der Waals surface area contributed by atoms with E-state index in [1.54, 1.807) is 12.1 Å². The predicted octanol–water partition coefficient (Wildman–Crippen LogP) is 4.26. The zero-order valence-corrected chi connectivity index (χ0v) is 20.5. The van der Waals surface area contributed by atoms with Crippen molar-refractivity contribution < 1.29 is 28.6 Å². The molecule has 2 aromatic rings. The van der Waals surface area contributed by atoms with Crippen LogP contribution in [0.5, 0.6) is 11.5 Å². The van der Waals surface area contributed by atoms with Crippen LogP contribution >= 0.6 is 31.9 Å². The third-order valence-electron chi connectivity index (χ3n) is 4.42. The average molecular weight is 568 g/mol. The number of nitrogens with one attached hydrogen (secondary N) is 1. The molecule has 1 saturated heterocycles. The van der Waals surface area contributed by atoms with E-state index in [4.69, 9.17) is 9.47 Å². The van der Waals surface area contributed by atoms with Crippen molar-refractivity contribution in [3.8, 4) is 11.5 Å². The van der Waals surface area contributed by atoms with E-state index in [0.29, 0.717) is 34.7 Å². The van der Waals surface area contributed by atoms with E-state index < -0.39 is 24.5 Å². The number of hydrogen-bond donors (Lipinski definition) is 1. The highest BCUT2D eigenvalue weighted by Crippen LogP contribution is 2.38. The van der Waals surface area contributed by atoms with E-state index in [-0.39, 0.29) is 5.70 Å². The Hall–Kier alpha value is -2.85. The van der Waals surface area contributed by atoms with Crippen molar-refractivity contribution in [2.45, 2.75) is 13.5 Å². The van der Waals surface area contributed by atoms with Crippen molar-refractivity contribution in [2.24, 2.45) is 0 Å². The van der Waals surface area contributed by atoms with Gasteiger partial charge in [-0.15, -0.1) is 0 Å². The molecule has 8 nitrogen and oxygen atoms in total. The van der Waals surface area contributed by atoms with E-state index in [1.807, 2.05) is 31.2 Å². The molecule has 1 heterocycles. The second-order valence-electron chi connectivity index (χ2n) is 6.63. The van der Waals surface area contributed by atoms with Crippen molar-refractivity contribution in [3.63, 3.8) is 0 Å². The Morgan fingerprint density at radius 1 is 1.12 bits per heavy atom. The normalized spacial score (nSPS) is 14.5. The minimum Gasteiger partial charge on any atom is -0.490 e. The van der Waals surface area contributed by atoms with Crippen molar-refractivity contribution >= 4 is 55.8 Å².